The number of rotatable bonds is 6. The molecule has 142 valence electrons. The van der Waals surface area contributed by atoms with Gasteiger partial charge in [0.15, 0.2) is 0 Å². The maximum absolute atomic E-state index is 12.4. The normalized spacial score (nSPS) is 15.3. The number of aromatic nitrogens is 1. The van der Waals surface area contributed by atoms with Crippen molar-refractivity contribution in [3.05, 3.63) is 60.4 Å². The lowest BCUT2D eigenvalue weighted by Crippen LogP contribution is -2.52. The predicted molar refractivity (Wildman–Crippen MR) is 107 cm³/mol. The molecule has 0 unspecified atom stereocenters. The Morgan fingerprint density at radius 3 is 2.38 bits per heavy atom. The van der Waals surface area contributed by atoms with E-state index in [2.05, 4.69) is 35.2 Å². The van der Waals surface area contributed by atoms with Crippen LogP contribution in [-0.4, -0.2) is 48.0 Å². The largest absolute Gasteiger partial charge is 0.448 e. The Kier molecular flexibility index (Phi) is 8.01. The maximum Gasteiger partial charge on any atom is 0.429 e. The summed E-state index contributed by atoms with van der Waals surface area (Å²) in [5, 5.41) is 1.76. The average Bonchev–Trinajstić information content (AvgIpc) is 3.16. The van der Waals surface area contributed by atoms with E-state index in [0.29, 0.717) is 6.61 Å². The second-order valence-corrected chi connectivity index (χ2v) is 6.41. The molecule has 1 aromatic carbocycles. The van der Waals surface area contributed by atoms with Crippen molar-refractivity contribution < 1.29 is 9.53 Å². The van der Waals surface area contributed by atoms with Crippen molar-refractivity contribution >= 4 is 18.5 Å². The Labute approximate surface area is 161 Å². The summed E-state index contributed by atoms with van der Waals surface area (Å²) in [5.41, 5.74) is 1.38. The van der Waals surface area contributed by atoms with Crippen LogP contribution >= 0.6 is 12.4 Å². The molecule has 26 heavy (non-hydrogen) atoms. The van der Waals surface area contributed by atoms with Gasteiger partial charge in [-0.25, -0.2) is 9.80 Å². The number of carbonyl (C=O) groups is 1. The molecule has 3 rings (SSSR count). The highest BCUT2D eigenvalue weighted by atomic mass is 35.5. The van der Waals surface area contributed by atoms with Gasteiger partial charge in [0.05, 0.1) is 12.6 Å². The van der Waals surface area contributed by atoms with E-state index in [9.17, 15) is 4.79 Å². The lowest BCUT2D eigenvalue weighted by molar-refractivity contribution is 0.138. The Bertz CT molecular complexity index is 640. The van der Waals surface area contributed by atoms with Crippen LogP contribution in [0.25, 0.3) is 0 Å². The molecule has 0 aliphatic carbocycles. The molecule has 0 radical (unpaired) electrons. The van der Waals surface area contributed by atoms with Crippen LogP contribution in [0.15, 0.2) is 54.9 Å². The summed E-state index contributed by atoms with van der Waals surface area (Å²) in [7, 11) is 0. The average molecular weight is 378 g/mol. The highest BCUT2D eigenvalue weighted by molar-refractivity contribution is 5.85. The molecular formula is C20H28ClN3O2. The van der Waals surface area contributed by atoms with Crippen molar-refractivity contribution in [3.63, 3.8) is 0 Å². The molecule has 0 atom stereocenters. The summed E-state index contributed by atoms with van der Waals surface area (Å²) in [6, 6.07) is 14.6. The SMILES string of the molecule is CCOC(=O)N(C1CCN(CCc2ccccc2)CC1)n1cccc1.Cl. The van der Waals surface area contributed by atoms with Crippen LogP contribution in [0.2, 0.25) is 0 Å². The van der Waals surface area contributed by atoms with Crippen molar-refractivity contribution in [2.75, 3.05) is 31.3 Å². The first-order valence-electron chi connectivity index (χ1n) is 9.13. The monoisotopic (exact) mass is 377 g/mol. The van der Waals surface area contributed by atoms with Gasteiger partial charge in [-0.1, -0.05) is 30.3 Å². The fraction of sp³-hybridized carbons (Fsp3) is 0.450. The van der Waals surface area contributed by atoms with Gasteiger partial charge in [-0.2, -0.15) is 0 Å². The Morgan fingerprint density at radius 1 is 1.12 bits per heavy atom. The van der Waals surface area contributed by atoms with Crippen molar-refractivity contribution in [3.8, 4) is 0 Å². The molecule has 6 heteroatoms. The molecule has 1 aromatic heterocycles. The molecule has 0 saturated carbocycles. The van der Waals surface area contributed by atoms with E-state index in [-0.39, 0.29) is 24.5 Å². The van der Waals surface area contributed by atoms with Crippen LogP contribution in [0.3, 0.4) is 0 Å². The number of piperidine rings is 1. The molecule has 2 heterocycles. The molecule has 2 aromatic rings. The Balaban J connectivity index is 0.00000243. The fourth-order valence-electron chi connectivity index (χ4n) is 3.41. The number of nitrogens with zero attached hydrogens (tertiary/aromatic N) is 3. The third kappa shape index (κ3) is 5.26. The van der Waals surface area contributed by atoms with E-state index < -0.39 is 0 Å². The van der Waals surface area contributed by atoms with E-state index >= 15 is 0 Å². The summed E-state index contributed by atoms with van der Waals surface area (Å²) >= 11 is 0. The number of hydrogen-bond acceptors (Lipinski definition) is 3. The second-order valence-electron chi connectivity index (χ2n) is 6.41. The van der Waals surface area contributed by atoms with Crippen molar-refractivity contribution in [2.24, 2.45) is 0 Å². The van der Waals surface area contributed by atoms with Crippen LogP contribution in [0.1, 0.15) is 25.3 Å². The van der Waals surface area contributed by atoms with Gasteiger partial charge in [-0.15, -0.1) is 12.4 Å². The van der Waals surface area contributed by atoms with Crippen LogP contribution in [-0.2, 0) is 11.2 Å². The molecule has 1 aliphatic rings. The highest BCUT2D eigenvalue weighted by Crippen LogP contribution is 2.18. The van der Waals surface area contributed by atoms with Gasteiger partial charge >= 0.3 is 6.09 Å². The van der Waals surface area contributed by atoms with E-state index in [4.69, 9.17) is 4.74 Å². The number of halogens is 1. The van der Waals surface area contributed by atoms with E-state index in [0.717, 1.165) is 38.9 Å². The first-order chi connectivity index (χ1) is 12.3. The Morgan fingerprint density at radius 2 is 1.77 bits per heavy atom. The number of amides is 1. The zero-order chi connectivity index (χ0) is 17.5. The summed E-state index contributed by atoms with van der Waals surface area (Å²) < 4.78 is 7.12. The molecule has 0 bridgehead atoms. The van der Waals surface area contributed by atoms with Crippen molar-refractivity contribution in [1.82, 2.24) is 9.58 Å². The zero-order valence-corrected chi connectivity index (χ0v) is 16.1. The number of likely N-dealkylation sites (tertiary alicyclic amines) is 1. The highest BCUT2D eigenvalue weighted by Gasteiger charge is 2.29. The minimum Gasteiger partial charge on any atom is -0.448 e. The topological polar surface area (TPSA) is 37.7 Å². The van der Waals surface area contributed by atoms with E-state index in [1.807, 2.05) is 36.1 Å². The van der Waals surface area contributed by atoms with Crippen molar-refractivity contribution in [2.45, 2.75) is 32.2 Å². The summed E-state index contributed by atoms with van der Waals surface area (Å²) in [6.07, 6.45) is 6.54. The summed E-state index contributed by atoms with van der Waals surface area (Å²) in [6.45, 7) is 5.33. The summed E-state index contributed by atoms with van der Waals surface area (Å²) in [4.78, 5) is 14.9. The predicted octanol–water partition coefficient (Wildman–Crippen LogP) is 3.71. The molecule has 1 amide bonds. The molecule has 1 saturated heterocycles. The smallest absolute Gasteiger partial charge is 0.429 e. The quantitative estimate of drug-likeness (QED) is 0.770. The first-order valence-corrected chi connectivity index (χ1v) is 9.13. The second kappa shape index (κ2) is 10.2. The third-order valence-corrected chi connectivity index (χ3v) is 4.75. The minimum atomic E-state index is -0.263. The van der Waals surface area contributed by atoms with Crippen LogP contribution in [0.4, 0.5) is 4.79 Å². The molecule has 0 spiro atoms. The van der Waals surface area contributed by atoms with Gasteiger partial charge in [-0.3, -0.25) is 4.68 Å². The van der Waals surface area contributed by atoms with Gasteiger partial charge in [-0.05, 0) is 43.9 Å². The maximum atomic E-state index is 12.4. The zero-order valence-electron chi connectivity index (χ0n) is 15.3. The van der Waals surface area contributed by atoms with Crippen molar-refractivity contribution in [1.29, 1.82) is 0 Å². The number of hydrogen-bond donors (Lipinski definition) is 0. The molecule has 5 nitrogen and oxygen atoms in total. The standard InChI is InChI=1S/C20H27N3O2.ClH/c1-2-25-20(24)23(22-13-6-7-14-22)19-11-16-21(17-12-19)15-10-18-8-4-3-5-9-18;/h3-9,13-14,19H,2,10-12,15-17H2,1H3;1H. The number of benzene rings is 1. The molecular weight excluding hydrogens is 350 g/mol. The number of carbonyl (C=O) groups excluding carboxylic acids is 1. The van der Waals surface area contributed by atoms with E-state index in [1.54, 1.807) is 5.01 Å². The van der Waals surface area contributed by atoms with Gasteiger partial charge in [0.2, 0.25) is 0 Å². The van der Waals surface area contributed by atoms with Crippen LogP contribution in [0, 0.1) is 0 Å². The molecule has 1 aliphatic heterocycles. The van der Waals surface area contributed by atoms with Crippen LogP contribution in [0.5, 0.6) is 0 Å². The molecule has 0 N–H and O–H groups in total. The van der Waals surface area contributed by atoms with E-state index in [1.165, 1.54) is 5.56 Å². The third-order valence-electron chi connectivity index (χ3n) is 4.75. The lowest BCUT2D eigenvalue weighted by atomic mass is 10.0. The van der Waals surface area contributed by atoms with Crippen LogP contribution < -0.4 is 5.01 Å². The van der Waals surface area contributed by atoms with Gasteiger partial charge in [0.25, 0.3) is 0 Å². The lowest BCUT2D eigenvalue weighted by Gasteiger charge is -2.38. The van der Waals surface area contributed by atoms with Gasteiger partial charge < -0.3 is 9.64 Å². The number of ether oxygens (including phenoxy) is 1. The Hall–Kier alpha value is -1.98. The minimum absolute atomic E-state index is 0. The molecule has 1 fully saturated rings. The van der Waals surface area contributed by atoms with Gasteiger partial charge in [0, 0.05) is 32.0 Å². The van der Waals surface area contributed by atoms with Gasteiger partial charge in [0.1, 0.15) is 0 Å². The fourth-order valence-corrected chi connectivity index (χ4v) is 3.41. The first kappa shape index (κ1) is 20.3. The summed E-state index contributed by atoms with van der Waals surface area (Å²) in [5.74, 6) is 0.